The second-order valence-corrected chi connectivity index (χ2v) is 5.11. The zero-order valence-corrected chi connectivity index (χ0v) is 14.6. The molecular formula is C16H20ClN3O4. The fourth-order valence-electron chi connectivity index (χ4n) is 2.13. The highest BCUT2D eigenvalue weighted by Crippen LogP contribution is 2.25. The number of benzene rings is 1. The Balaban J connectivity index is 2.53. The number of esters is 1. The van der Waals surface area contributed by atoms with Gasteiger partial charge in [0.1, 0.15) is 5.69 Å². The third kappa shape index (κ3) is 4.11. The average Bonchev–Trinajstić information content (AvgIpc) is 3.00. The van der Waals surface area contributed by atoms with E-state index in [4.69, 9.17) is 25.8 Å². The molecule has 1 heterocycles. The molecule has 7 nitrogen and oxygen atoms in total. The first-order chi connectivity index (χ1) is 11.6. The molecule has 0 fully saturated rings. The predicted molar refractivity (Wildman–Crippen MR) is 88.3 cm³/mol. The van der Waals surface area contributed by atoms with Crippen LogP contribution in [0.4, 0.5) is 0 Å². The van der Waals surface area contributed by atoms with E-state index in [0.29, 0.717) is 29.6 Å². The van der Waals surface area contributed by atoms with Crippen LogP contribution in [-0.4, -0.2) is 40.8 Å². The number of halogens is 1. The van der Waals surface area contributed by atoms with Crippen LogP contribution in [0, 0.1) is 0 Å². The Morgan fingerprint density at radius 1 is 1.12 bits per heavy atom. The Bertz CT molecular complexity index is 666. The number of hydrogen-bond acceptors (Lipinski definition) is 6. The van der Waals surface area contributed by atoms with E-state index in [1.807, 2.05) is 13.8 Å². The summed E-state index contributed by atoms with van der Waals surface area (Å²) in [5.74, 6) is -0.572. The fraction of sp³-hybridized carbons (Fsp3) is 0.438. The molecule has 0 unspecified atom stereocenters. The number of nitrogens with zero attached hydrogens (tertiary/aromatic N) is 3. The summed E-state index contributed by atoms with van der Waals surface area (Å²) in [7, 11) is 0. The van der Waals surface area contributed by atoms with E-state index in [1.54, 1.807) is 31.2 Å². The van der Waals surface area contributed by atoms with Crippen LogP contribution in [0.15, 0.2) is 24.3 Å². The van der Waals surface area contributed by atoms with Crippen molar-refractivity contribution in [2.75, 3.05) is 19.8 Å². The van der Waals surface area contributed by atoms with Crippen molar-refractivity contribution in [2.45, 2.75) is 27.1 Å². The van der Waals surface area contributed by atoms with Gasteiger partial charge in [0.15, 0.2) is 5.69 Å². The molecule has 0 radical (unpaired) electrons. The molecular weight excluding hydrogens is 334 g/mol. The molecule has 0 saturated heterocycles. The molecule has 0 aliphatic carbocycles. The van der Waals surface area contributed by atoms with Crippen molar-refractivity contribution in [3.8, 4) is 5.69 Å². The second-order valence-electron chi connectivity index (χ2n) is 4.67. The maximum Gasteiger partial charge on any atom is 0.361 e. The summed E-state index contributed by atoms with van der Waals surface area (Å²) in [6, 6.07) is 6.99. The number of rotatable bonds is 8. The van der Waals surface area contributed by atoms with Gasteiger partial charge in [0, 0.05) is 18.2 Å². The minimum Gasteiger partial charge on any atom is -0.461 e. The molecule has 2 aromatic rings. The summed E-state index contributed by atoms with van der Waals surface area (Å²) in [6.45, 7) is 6.44. The van der Waals surface area contributed by atoms with Crippen molar-refractivity contribution in [1.29, 1.82) is 0 Å². The Kier molecular flexibility index (Phi) is 6.72. The SMILES string of the molecule is CCOC(=O)c1nnn(-c2ccc(Cl)cc2)c1C(OCC)OCC. The van der Waals surface area contributed by atoms with Gasteiger partial charge < -0.3 is 14.2 Å². The topological polar surface area (TPSA) is 75.5 Å². The fourth-order valence-corrected chi connectivity index (χ4v) is 2.25. The van der Waals surface area contributed by atoms with Crippen LogP contribution >= 0.6 is 11.6 Å². The van der Waals surface area contributed by atoms with Gasteiger partial charge in [-0.05, 0) is 45.0 Å². The van der Waals surface area contributed by atoms with Crippen molar-refractivity contribution in [1.82, 2.24) is 15.0 Å². The highest BCUT2D eigenvalue weighted by molar-refractivity contribution is 6.30. The Labute approximate surface area is 145 Å². The Hall–Kier alpha value is -1.96. The molecule has 0 aliphatic rings. The quantitative estimate of drug-likeness (QED) is 0.536. The summed E-state index contributed by atoms with van der Waals surface area (Å²) in [6.07, 6.45) is -0.787. The maximum atomic E-state index is 12.2. The van der Waals surface area contributed by atoms with Crippen molar-refractivity contribution < 1.29 is 19.0 Å². The first-order valence-electron chi connectivity index (χ1n) is 7.74. The zero-order valence-electron chi connectivity index (χ0n) is 13.9. The Morgan fingerprint density at radius 2 is 1.75 bits per heavy atom. The number of carbonyl (C=O) groups excluding carboxylic acids is 1. The van der Waals surface area contributed by atoms with Gasteiger partial charge in [-0.1, -0.05) is 16.8 Å². The van der Waals surface area contributed by atoms with E-state index < -0.39 is 12.3 Å². The van der Waals surface area contributed by atoms with Gasteiger partial charge in [-0.2, -0.15) is 0 Å². The molecule has 1 aromatic carbocycles. The zero-order chi connectivity index (χ0) is 17.5. The van der Waals surface area contributed by atoms with Crippen molar-refractivity contribution in [3.05, 3.63) is 40.7 Å². The van der Waals surface area contributed by atoms with Crippen LogP contribution in [0.5, 0.6) is 0 Å². The molecule has 0 spiro atoms. The summed E-state index contributed by atoms with van der Waals surface area (Å²) >= 11 is 5.93. The molecule has 0 amide bonds. The number of hydrogen-bond donors (Lipinski definition) is 0. The highest BCUT2D eigenvalue weighted by atomic mass is 35.5. The lowest BCUT2D eigenvalue weighted by molar-refractivity contribution is -0.144. The summed E-state index contributed by atoms with van der Waals surface area (Å²) in [4.78, 5) is 12.2. The van der Waals surface area contributed by atoms with Crippen molar-refractivity contribution in [2.24, 2.45) is 0 Å². The Morgan fingerprint density at radius 3 is 2.29 bits per heavy atom. The van der Waals surface area contributed by atoms with E-state index in [1.165, 1.54) is 4.68 Å². The molecule has 0 aliphatic heterocycles. The molecule has 0 N–H and O–H groups in total. The second kappa shape index (κ2) is 8.77. The maximum absolute atomic E-state index is 12.2. The van der Waals surface area contributed by atoms with Crippen LogP contribution < -0.4 is 0 Å². The van der Waals surface area contributed by atoms with Gasteiger partial charge in [0.2, 0.25) is 6.29 Å². The van der Waals surface area contributed by atoms with Gasteiger partial charge in [0.25, 0.3) is 0 Å². The lowest BCUT2D eigenvalue weighted by atomic mass is 10.2. The van der Waals surface area contributed by atoms with Gasteiger partial charge in [-0.3, -0.25) is 0 Å². The van der Waals surface area contributed by atoms with Gasteiger partial charge in [-0.15, -0.1) is 5.10 Å². The number of ether oxygens (including phenoxy) is 3. The van der Waals surface area contributed by atoms with E-state index in [2.05, 4.69) is 10.3 Å². The molecule has 130 valence electrons. The first-order valence-corrected chi connectivity index (χ1v) is 8.11. The standard InChI is InChI=1S/C16H20ClN3O4/c1-4-22-15(21)13-14(16(23-5-2)24-6-3)20(19-18-13)12-9-7-11(17)8-10-12/h7-10,16H,4-6H2,1-3H3. The number of aromatic nitrogens is 3. The minimum absolute atomic E-state index is 0.0682. The molecule has 0 atom stereocenters. The summed E-state index contributed by atoms with van der Waals surface area (Å²) < 4.78 is 17.8. The van der Waals surface area contributed by atoms with E-state index in [9.17, 15) is 4.79 Å². The number of carbonyl (C=O) groups is 1. The monoisotopic (exact) mass is 353 g/mol. The molecule has 0 bridgehead atoms. The highest BCUT2D eigenvalue weighted by Gasteiger charge is 2.29. The van der Waals surface area contributed by atoms with E-state index in [0.717, 1.165) is 0 Å². The third-order valence-electron chi connectivity index (χ3n) is 3.10. The van der Waals surface area contributed by atoms with Gasteiger partial charge >= 0.3 is 5.97 Å². The van der Waals surface area contributed by atoms with Gasteiger partial charge in [0.05, 0.1) is 12.3 Å². The van der Waals surface area contributed by atoms with Crippen molar-refractivity contribution >= 4 is 17.6 Å². The van der Waals surface area contributed by atoms with Crippen LogP contribution in [0.1, 0.15) is 43.2 Å². The lowest BCUT2D eigenvalue weighted by Gasteiger charge is -2.18. The third-order valence-corrected chi connectivity index (χ3v) is 3.36. The molecule has 0 saturated carbocycles. The minimum atomic E-state index is -0.787. The predicted octanol–water partition coefficient (Wildman–Crippen LogP) is 3.17. The van der Waals surface area contributed by atoms with Crippen LogP contribution in [0.2, 0.25) is 5.02 Å². The van der Waals surface area contributed by atoms with E-state index in [-0.39, 0.29) is 12.3 Å². The van der Waals surface area contributed by atoms with Gasteiger partial charge in [-0.25, -0.2) is 9.48 Å². The normalized spacial score (nSPS) is 11.0. The van der Waals surface area contributed by atoms with Crippen LogP contribution in [-0.2, 0) is 14.2 Å². The molecule has 24 heavy (non-hydrogen) atoms. The smallest absolute Gasteiger partial charge is 0.361 e. The molecule has 1 aromatic heterocycles. The lowest BCUT2D eigenvalue weighted by Crippen LogP contribution is -2.18. The average molecular weight is 354 g/mol. The largest absolute Gasteiger partial charge is 0.461 e. The molecule has 8 heteroatoms. The summed E-state index contributed by atoms with van der Waals surface area (Å²) in [5, 5.41) is 8.63. The molecule has 2 rings (SSSR count). The van der Waals surface area contributed by atoms with Crippen molar-refractivity contribution in [3.63, 3.8) is 0 Å². The van der Waals surface area contributed by atoms with Crippen LogP contribution in [0.25, 0.3) is 5.69 Å². The summed E-state index contributed by atoms with van der Waals surface area (Å²) in [5.41, 5.74) is 1.14. The van der Waals surface area contributed by atoms with Crippen LogP contribution in [0.3, 0.4) is 0 Å². The first kappa shape index (κ1) is 18.4. The van der Waals surface area contributed by atoms with E-state index >= 15 is 0 Å².